The lowest BCUT2D eigenvalue weighted by atomic mass is 10.1. The van der Waals surface area contributed by atoms with Crippen LogP contribution in [0, 0.1) is 5.82 Å². The number of methoxy groups -OCH3 is 1. The van der Waals surface area contributed by atoms with Crippen molar-refractivity contribution in [2.75, 3.05) is 12.4 Å². The summed E-state index contributed by atoms with van der Waals surface area (Å²) in [5, 5.41) is 5.31. The molecular weight excluding hydrogens is 451 g/mol. The highest BCUT2D eigenvalue weighted by atomic mass is 79.9. The van der Waals surface area contributed by atoms with E-state index < -0.39 is 17.6 Å². The maximum atomic E-state index is 13.1. The number of carbonyl (C=O) groups is 2. The van der Waals surface area contributed by atoms with Crippen molar-refractivity contribution in [3.63, 3.8) is 0 Å². The van der Waals surface area contributed by atoms with Gasteiger partial charge in [-0.25, -0.2) is 4.39 Å². The van der Waals surface area contributed by atoms with Gasteiger partial charge >= 0.3 is 0 Å². The number of amides is 2. The molecule has 0 heterocycles. The van der Waals surface area contributed by atoms with E-state index in [1.165, 1.54) is 31.4 Å². The third-order valence-corrected chi connectivity index (χ3v) is 4.66. The Balaban J connectivity index is 1.85. The number of halogens is 2. The molecule has 0 radical (unpaired) electrons. The first-order chi connectivity index (χ1) is 14.4. The SMILES string of the molecule is COc1ccc(C(=O)N/C(=C\c2ccc(Br)cc2)C(=O)Nc2ccc(F)cc2)cc1. The monoisotopic (exact) mass is 468 g/mol. The van der Waals surface area contributed by atoms with Crippen LogP contribution in [0.2, 0.25) is 0 Å². The predicted molar refractivity (Wildman–Crippen MR) is 118 cm³/mol. The first-order valence-electron chi connectivity index (χ1n) is 8.94. The number of hydrogen-bond acceptors (Lipinski definition) is 3. The summed E-state index contributed by atoms with van der Waals surface area (Å²) >= 11 is 3.36. The zero-order valence-corrected chi connectivity index (χ0v) is 17.6. The van der Waals surface area contributed by atoms with Gasteiger partial charge in [0.05, 0.1) is 7.11 Å². The summed E-state index contributed by atoms with van der Waals surface area (Å²) in [6.07, 6.45) is 1.56. The fourth-order valence-electron chi connectivity index (χ4n) is 2.55. The minimum atomic E-state index is -0.536. The van der Waals surface area contributed by atoms with Crippen LogP contribution in [0.1, 0.15) is 15.9 Å². The second-order valence-corrected chi connectivity index (χ2v) is 7.17. The van der Waals surface area contributed by atoms with Crippen LogP contribution in [-0.4, -0.2) is 18.9 Å². The highest BCUT2D eigenvalue weighted by molar-refractivity contribution is 9.10. The van der Waals surface area contributed by atoms with E-state index in [9.17, 15) is 14.0 Å². The minimum absolute atomic E-state index is 0.0439. The van der Waals surface area contributed by atoms with Crippen LogP contribution in [0.25, 0.3) is 6.08 Å². The summed E-state index contributed by atoms with van der Waals surface area (Å²) in [6, 6.07) is 19.1. The van der Waals surface area contributed by atoms with Gasteiger partial charge in [0, 0.05) is 15.7 Å². The van der Waals surface area contributed by atoms with E-state index in [0.29, 0.717) is 17.0 Å². The van der Waals surface area contributed by atoms with Crippen molar-refractivity contribution in [2.24, 2.45) is 0 Å². The standard InChI is InChI=1S/C23H18BrFN2O3/c1-30-20-12-4-16(5-13-20)22(28)27-21(14-15-2-6-17(24)7-3-15)23(29)26-19-10-8-18(25)9-11-19/h2-14H,1H3,(H,26,29)(H,27,28)/b21-14-. The summed E-state index contributed by atoms with van der Waals surface area (Å²) in [5.41, 5.74) is 1.54. The van der Waals surface area contributed by atoms with Gasteiger partial charge in [0.15, 0.2) is 0 Å². The Morgan fingerprint density at radius 1 is 0.933 bits per heavy atom. The van der Waals surface area contributed by atoms with Crippen molar-refractivity contribution in [3.05, 3.63) is 99.9 Å². The Bertz CT molecular complexity index is 1060. The van der Waals surface area contributed by atoms with Crippen LogP contribution in [0.4, 0.5) is 10.1 Å². The van der Waals surface area contributed by atoms with Crippen LogP contribution < -0.4 is 15.4 Å². The van der Waals surface area contributed by atoms with E-state index in [1.807, 2.05) is 12.1 Å². The molecule has 0 aliphatic heterocycles. The van der Waals surface area contributed by atoms with Crippen molar-refractivity contribution in [2.45, 2.75) is 0 Å². The molecule has 3 aromatic rings. The largest absolute Gasteiger partial charge is 0.497 e. The summed E-state index contributed by atoms with van der Waals surface area (Å²) in [6.45, 7) is 0. The summed E-state index contributed by atoms with van der Waals surface area (Å²) in [4.78, 5) is 25.5. The molecule has 3 rings (SSSR count). The second-order valence-electron chi connectivity index (χ2n) is 6.25. The highest BCUT2D eigenvalue weighted by Gasteiger charge is 2.15. The molecule has 0 aromatic heterocycles. The van der Waals surface area contributed by atoms with Crippen LogP contribution >= 0.6 is 15.9 Å². The molecule has 3 aromatic carbocycles. The van der Waals surface area contributed by atoms with E-state index in [0.717, 1.165) is 10.0 Å². The smallest absolute Gasteiger partial charge is 0.272 e. The van der Waals surface area contributed by atoms with Gasteiger partial charge in [-0.2, -0.15) is 0 Å². The molecule has 0 bridgehead atoms. The summed E-state index contributed by atoms with van der Waals surface area (Å²) in [7, 11) is 1.54. The van der Waals surface area contributed by atoms with Crippen LogP contribution in [0.5, 0.6) is 5.75 Å². The maximum Gasteiger partial charge on any atom is 0.272 e. The highest BCUT2D eigenvalue weighted by Crippen LogP contribution is 2.16. The molecule has 0 unspecified atom stereocenters. The van der Waals surface area contributed by atoms with Gasteiger partial charge in [-0.05, 0) is 72.3 Å². The zero-order chi connectivity index (χ0) is 21.5. The number of nitrogens with one attached hydrogen (secondary N) is 2. The number of hydrogen-bond donors (Lipinski definition) is 2. The molecule has 0 fully saturated rings. The quantitative estimate of drug-likeness (QED) is 0.499. The minimum Gasteiger partial charge on any atom is -0.497 e. The Morgan fingerprint density at radius 2 is 1.57 bits per heavy atom. The van der Waals surface area contributed by atoms with Gasteiger partial charge in [-0.15, -0.1) is 0 Å². The number of benzene rings is 3. The Hall–Kier alpha value is -3.45. The van der Waals surface area contributed by atoms with Crippen molar-refractivity contribution < 1.29 is 18.7 Å². The average Bonchev–Trinajstić information content (AvgIpc) is 2.76. The number of rotatable bonds is 6. The Kier molecular flexibility index (Phi) is 6.98. The molecule has 2 N–H and O–H groups in total. The van der Waals surface area contributed by atoms with Crippen molar-refractivity contribution in [1.82, 2.24) is 5.32 Å². The maximum absolute atomic E-state index is 13.1. The number of anilines is 1. The van der Waals surface area contributed by atoms with Gasteiger partial charge in [0.2, 0.25) is 0 Å². The second kappa shape index (κ2) is 9.84. The average molecular weight is 469 g/mol. The third-order valence-electron chi connectivity index (χ3n) is 4.13. The fourth-order valence-corrected chi connectivity index (χ4v) is 2.82. The summed E-state index contributed by atoms with van der Waals surface area (Å²) in [5.74, 6) is -0.778. The van der Waals surface area contributed by atoms with Gasteiger partial charge in [-0.1, -0.05) is 28.1 Å². The normalized spacial score (nSPS) is 11.0. The number of ether oxygens (including phenoxy) is 1. The van der Waals surface area contributed by atoms with E-state index in [4.69, 9.17) is 4.74 Å². The molecule has 0 spiro atoms. The molecule has 30 heavy (non-hydrogen) atoms. The van der Waals surface area contributed by atoms with Crippen molar-refractivity contribution in [1.29, 1.82) is 0 Å². The van der Waals surface area contributed by atoms with Crippen LogP contribution in [0.3, 0.4) is 0 Å². The molecule has 0 atom stereocenters. The fraction of sp³-hybridized carbons (Fsp3) is 0.0435. The summed E-state index contributed by atoms with van der Waals surface area (Å²) < 4.78 is 19.1. The molecule has 0 aliphatic carbocycles. The predicted octanol–water partition coefficient (Wildman–Crippen LogP) is 5.01. The van der Waals surface area contributed by atoms with E-state index in [-0.39, 0.29) is 5.70 Å². The van der Waals surface area contributed by atoms with Gasteiger partial charge in [-0.3, -0.25) is 9.59 Å². The van der Waals surface area contributed by atoms with Crippen LogP contribution in [0.15, 0.2) is 83.0 Å². The first-order valence-corrected chi connectivity index (χ1v) is 9.73. The van der Waals surface area contributed by atoms with Gasteiger partial charge in [0.1, 0.15) is 17.3 Å². The Morgan fingerprint density at radius 3 is 2.17 bits per heavy atom. The lowest BCUT2D eigenvalue weighted by molar-refractivity contribution is -0.113. The lowest BCUT2D eigenvalue weighted by Gasteiger charge is -2.12. The molecule has 5 nitrogen and oxygen atoms in total. The van der Waals surface area contributed by atoms with Crippen molar-refractivity contribution >= 4 is 39.5 Å². The topological polar surface area (TPSA) is 67.4 Å². The van der Waals surface area contributed by atoms with E-state index in [1.54, 1.807) is 42.5 Å². The number of carbonyl (C=O) groups excluding carboxylic acids is 2. The van der Waals surface area contributed by atoms with E-state index in [2.05, 4.69) is 26.6 Å². The van der Waals surface area contributed by atoms with Crippen molar-refractivity contribution in [3.8, 4) is 5.75 Å². The molecule has 2 amide bonds. The zero-order valence-electron chi connectivity index (χ0n) is 16.0. The Labute approximate surface area is 181 Å². The van der Waals surface area contributed by atoms with Crippen LogP contribution in [-0.2, 0) is 4.79 Å². The molecule has 7 heteroatoms. The van der Waals surface area contributed by atoms with E-state index >= 15 is 0 Å². The van der Waals surface area contributed by atoms with Gasteiger partial charge < -0.3 is 15.4 Å². The molecule has 152 valence electrons. The lowest BCUT2D eigenvalue weighted by Crippen LogP contribution is -2.30. The third kappa shape index (κ3) is 5.78. The molecule has 0 aliphatic rings. The van der Waals surface area contributed by atoms with Gasteiger partial charge in [0.25, 0.3) is 11.8 Å². The molecular formula is C23H18BrFN2O3. The molecule has 0 saturated carbocycles. The molecule has 0 saturated heterocycles. The first kappa shape index (κ1) is 21.3.